The van der Waals surface area contributed by atoms with Crippen LogP contribution in [-0.4, -0.2) is 62.3 Å². The number of hydrogen-bond acceptors (Lipinski definition) is 5. The molecule has 6 nitrogen and oxygen atoms in total. The lowest BCUT2D eigenvalue weighted by atomic mass is 10.1. The number of carbonyl (C=O) groups excluding carboxylic acids is 1. The highest BCUT2D eigenvalue weighted by Crippen LogP contribution is 2.22. The molecule has 1 saturated heterocycles. The van der Waals surface area contributed by atoms with Crippen LogP contribution in [0.4, 0.5) is 0 Å². The average Bonchev–Trinajstić information content (AvgIpc) is 2.69. The lowest BCUT2D eigenvalue weighted by Gasteiger charge is -2.26. The highest BCUT2D eigenvalue weighted by atomic mass is 16.5. The zero-order chi connectivity index (χ0) is 17.5. The lowest BCUT2D eigenvalue weighted by molar-refractivity contribution is 0.0383. The Morgan fingerprint density at radius 3 is 2.68 bits per heavy atom. The average molecular weight is 341 g/mol. The van der Waals surface area contributed by atoms with Crippen molar-refractivity contribution >= 4 is 5.91 Å². The number of amides is 1. The SMILES string of the molecule is COc1ccc(-c2cncc(C(=O)NCCN3CCOCC3)c2)cc1. The fourth-order valence-corrected chi connectivity index (χ4v) is 2.76. The Morgan fingerprint density at radius 1 is 1.20 bits per heavy atom. The van der Waals surface area contributed by atoms with Gasteiger partial charge in [0, 0.05) is 44.1 Å². The molecule has 3 rings (SSSR count). The molecule has 0 saturated carbocycles. The van der Waals surface area contributed by atoms with Gasteiger partial charge >= 0.3 is 0 Å². The molecule has 0 atom stereocenters. The second-order valence-corrected chi connectivity index (χ2v) is 5.90. The van der Waals surface area contributed by atoms with Crippen molar-refractivity contribution < 1.29 is 14.3 Å². The topological polar surface area (TPSA) is 63.7 Å². The number of carbonyl (C=O) groups is 1. The molecule has 0 spiro atoms. The van der Waals surface area contributed by atoms with Crippen LogP contribution >= 0.6 is 0 Å². The van der Waals surface area contributed by atoms with Gasteiger partial charge in [0.1, 0.15) is 5.75 Å². The quantitative estimate of drug-likeness (QED) is 0.868. The molecule has 0 unspecified atom stereocenters. The third-order valence-electron chi connectivity index (χ3n) is 4.24. The highest BCUT2D eigenvalue weighted by molar-refractivity contribution is 5.95. The van der Waals surface area contributed by atoms with Crippen LogP contribution in [0, 0.1) is 0 Å². The number of ether oxygens (including phenoxy) is 2. The first-order chi connectivity index (χ1) is 12.3. The third kappa shape index (κ3) is 4.78. The van der Waals surface area contributed by atoms with Gasteiger partial charge in [-0.2, -0.15) is 0 Å². The number of hydrogen-bond donors (Lipinski definition) is 1. The molecule has 1 aromatic carbocycles. The minimum absolute atomic E-state index is 0.101. The molecule has 1 N–H and O–H groups in total. The zero-order valence-electron chi connectivity index (χ0n) is 14.4. The molecule has 1 aliphatic rings. The molecule has 25 heavy (non-hydrogen) atoms. The van der Waals surface area contributed by atoms with Crippen LogP contribution < -0.4 is 10.1 Å². The van der Waals surface area contributed by atoms with Crippen molar-refractivity contribution in [3.63, 3.8) is 0 Å². The van der Waals surface area contributed by atoms with E-state index >= 15 is 0 Å². The molecule has 1 amide bonds. The normalized spacial score (nSPS) is 14.9. The summed E-state index contributed by atoms with van der Waals surface area (Å²) in [4.78, 5) is 18.8. The molecule has 1 fully saturated rings. The van der Waals surface area contributed by atoms with E-state index in [0.717, 1.165) is 49.7 Å². The van der Waals surface area contributed by atoms with Gasteiger partial charge in [-0.3, -0.25) is 14.7 Å². The Bertz CT molecular complexity index is 697. The first-order valence-electron chi connectivity index (χ1n) is 8.44. The highest BCUT2D eigenvalue weighted by Gasteiger charge is 2.11. The predicted molar refractivity (Wildman–Crippen MR) is 95.8 cm³/mol. The van der Waals surface area contributed by atoms with E-state index in [1.54, 1.807) is 19.5 Å². The first kappa shape index (κ1) is 17.4. The summed E-state index contributed by atoms with van der Waals surface area (Å²) in [6.45, 7) is 4.82. The summed E-state index contributed by atoms with van der Waals surface area (Å²) >= 11 is 0. The molecular weight excluding hydrogens is 318 g/mol. The van der Waals surface area contributed by atoms with Crippen molar-refractivity contribution in [2.45, 2.75) is 0 Å². The van der Waals surface area contributed by atoms with Crippen molar-refractivity contribution in [1.82, 2.24) is 15.2 Å². The van der Waals surface area contributed by atoms with E-state index in [2.05, 4.69) is 15.2 Å². The summed E-state index contributed by atoms with van der Waals surface area (Å²) in [5.74, 6) is 0.699. The second kappa shape index (κ2) is 8.60. The third-order valence-corrected chi connectivity index (χ3v) is 4.24. The van der Waals surface area contributed by atoms with E-state index in [1.807, 2.05) is 30.3 Å². The molecule has 2 heterocycles. The Morgan fingerprint density at radius 2 is 1.96 bits per heavy atom. The van der Waals surface area contributed by atoms with Crippen LogP contribution in [-0.2, 0) is 4.74 Å². The van der Waals surface area contributed by atoms with Gasteiger partial charge in [-0.15, -0.1) is 0 Å². The first-order valence-corrected chi connectivity index (χ1v) is 8.44. The molecule has 1 aromatic heterocycles. The fraction of sp³-hybridized carbons (Fsp3) is 0.368. The monoisotopic (exact) mass is 341 g/mol. The Balaban J connectivity index is 1.58. The summed E-state index contributed by atoms with van der Waals surface area (Å²) < 4.78 is 10.5. The van der Waals surface area contributed by atoms with Gasteiger partial charge in [0.05, 0.1) is 25.9 Å². The van der Waals surface area contributed by atoms with E-state index in [0.29, 0.717) is 12.1 Å². The lowest BCUT2D eigenvalue weighted by Crippen LogP contribution is -2.41. The Kier molecular flexibility index (Phi) is 5.98. The number of benzene rings is 1. The molecule has 0 radical (unpaired) electrons. The fourth-order valence-electron chi connectivity index (χ4n) is 2.76. The van der Waals surface area contributed by atoms with E-state index in [-0.39, 0.29) is 5.91 Å². The summed E-state index contributed by atoms with van der Waals surface area (Å²) in [6, 6.07) is 9.56. The standard InChI is InChI=1S/C19H23N3O3/c1-24-18-4-2-15(3-5-18)16-12-17(14-20-13-16)19(23)21-6-7-22-8-10-25-11-9-22/h2-5,12-14H,6-11H2,1H3,(H,21,23). The van der Waals surface area contributed by atoms with Crippen LogP contribution in [0.2, 0.25) is 0 Å². The molecule has 1 aliphatic heterocycles. The van der Waals surface area contributed by atoms with Crippen molar-refractivity contribution in [1.29, 1.82) is 0 Å². The van der Waals surface area contributed by atoms with Gasteiger partial charge in [0.15, 0.2) is 0 Å². The predicted octanol–water partition coefficient (Wildman–Crippen LogP) is 1.82. The maximum atomic E-state index is 12.4. The number of aromatic nitrogens is 1. The second-order valence-electron chi connectivity index (χ2n) is 5.90. The molecule has 2 aromatic rings. The smallest absolute Gasteiger partial charge is 0.252 e. The van der Waals surface area contributed by atoms with Gasteiger partial charge in [0.25, 0.3) is 5.91 Å². The van der Waals surface area contributed by atoms with Gasteiger partial charge in [-0.1, -0.05) is 12.1 Å². The van der Waals surface area contributed by atoms with Crippen molar-refractivity contribution in [2.75, 3.05) is 46.5 Å². The van der Waals surface area contributed by atoms with Crippen molar-refractivity contribution in [3.05, 3.63) is 48.3 Å². The molecule has 0 aliphatic carbocycles. The maximum Gasteiger partial charge on any atom is 0.252 e. The number of pyridine rings is 1. The number of methoxy groups -OCH3 is 1. The Hall–Kier alpha value is -2.44. The van der Waals surface area contributed by atoms with Crippen molar-refractivity contribution in [2.24, 2.45) is 0 Å². The van der Waals surface area contributed by atoms with Crippen molar-refractivity contribution in [3.8, 4) is 16.9 Å². The summed E-state index contributed by atoms with van der Waals surface area (Å²) in [5, 5.41) is 2.96. The maximum absolute atomic E-state index is 12.4. The van der Waals surface area contributed by atoms with E-state index < -0.39 is 0 Å². The van der Waals surface area contributed by atoms with E-state index in [1.165, 1.54) is 0 Å². The van der Waals surface area contributed by atoms with Crippen LogP contribution in [0.3, 0.4) is 0 Å². The van der Waals surface area contributed by atoms with E-state index in [4.69, 9.17) is 9.47 Å². The summed E-state index contributed by atoms with van der Waals surface area (Å²) in [5.41, 5.74) is 2.47. The number of rotatable bonds is 6. The van der Waals surface area contributed by atoms with Gasteiger partial charge < -0.3 is 14.8 Å². The van der Waals surface area contributed by atoms with E-state index in [9.17, 15) is 4.79 Å². The molecule has 6 heteroatoms. The van der Waals surface area contributed by atoms with Crippen LogP contribution in [0.5, 0.6) is 5.75 Å². The Labute approximate surface area is 147 Å². The van der Waals surface area contributed by atoms with Crippen LogP contribution in [0.1, 0.15) is 10.4 Å². The van der Waals surface area contributed by atoms with Crippen LogP contribution in [0.25, 0.3) is 11.1 Å². The van der Waals surface area contributed by atoms with Crippen LogP contribution in [0.15, 0.2) is 42.7 Å². The molecular formula is C19H23N3O3. The largest absolute Gasteiger partial charge is 0.497 e. The van der Waals surface area contributed by atoms with Gasteiger partial charge in [-0.25, -0.2) is 0 Å². The summed E-state index contributed by atoms with van der Waals surface area (Å²) in [6.07, 6.45) is 3.35. The molecule has 132 valence electrons. The van der Waals surface area contributed by atoms with Gasteiger partial charge in [0.2, 0.25) is 0 Å². The number of morpholine rings is 1. The van der Waals surface area contributed by atoms with Gasteiger partial charge in [-0.05, 0) is 23.8 Å². The number of nitrogens with zero attached hydrogens (tertiary/aromatic N) is 2. The minimum atomic E-state index is -0.101. The minimum Gasteiger partial charge on any atom is -0.497 e. The number of nitrogens with one attached hydrogen (secondary N) is 1. The molecule has 0 bridgehead atoms. The summed E-state index contributed by atoms with van der Waals surface area (Å²) in [7, 11) is 1.64. The zero-order valence-corrected chi connectivity index (χ0v) is 14.4.